The molecule has 37 heavy (non-hydrogen) atoms. The SMILES string of the molecule is COc1c(Cl)cc(C)cc1/C(O)=C1\C(=O)C(=O)N(c2ccc(N(C)C)cc2)C1c1ccc(C(C)C)cc1. The molecule has 0 radical (unpaired) electrons. The zero-order valence-corrected chi connectivity index (χ0v) is 22.6. The third kappa shape index (κ3) is 4.81. The van der Waals surface area contributed by atoms with Crippen LogP contribution in [0.4, 0.5) is 11.4 Å². The van der Waals surface area contributed by atoms with E-state index in [0.717, 1.165) is 16.8 Å². The summed E-state index contributed by atoms with van der Waals surface area (Å²) in [7, 11) is 5.30. The van der Waals surface area contributed by atoms with Gasteiger partial charge in [0, 0.05) is 25.5 Å². The first kappa shape index (κ1) is 26.3. The summed E-state index contributed by atoms with van der Waals surface area (Å²) in [5.41, 5.74) is 4.37. The van der Waals surface area contributed by atoms with E-state index in [1.807, 2.05) is 62.3 Å². The number of amides is 1. The van der Waals surface area contributed by atoms with Crippen LogP contribution in [0.2, 0.25) is 5.02 Å². The fourth-order valence-corrected chi connectivity index (χ4v) is 5.00. The van der Waals surface area contributed by atoms with Gasteiger partial charge >= 0.3 is 0 Å². The van der Waals surface area contributed by atoms with Crippen LogP contribution in [-0.2, 0) is 9.59 Å². The number of benzene rings is 3. The molecular formula is C30H31ClN2O4. The minimum absolute atomic E-state index is 0.0149. The van der Waals surface area contributed by atoms with Gasteiger partial charge in [0.2, 0.25) is 0 Å². The Labute approximate surface area is 222 Å². The number of hydrogen-bond acceptors (Lipinski definition) is 5. The largest absolute Gasteiger partial charge is 0.507 e. The Morgan fingerprint density at radius 1 is 1.03 bits per heavy atom. The van der Waals surface area contributed by atoms with Crippen LogP contribution < -0.4 is 14.5 Å². The zero-order chi connectivity index (χ0) is 27.0. The Kier molecular flexibility index (Phi) is 7.32. The lowest BCUT2D eigenvalue weighted by molar-refractivity contribution is -0.132. The van der Waals surface area contributed by atoms with Gasteiger partial charge in [0.1, 0.15) is 11.5 Å². The van der Waals surface area contributed by atoms with Crippen molar-refractivity contribution >= 4 is 40.4 Å². The number of Topliss-reactive ketones (excluding diaryl/α,β-unsaturated/α-hetero) is 1. The smallest absolute Gasteiger partial charge is 0.300 e. The molecule has 0 spiro atoms. The summed E-state index contributed by atoms with van der Waals surface area (Å²) in [6.45, 7) is 6.03. The second kappa shape index (κ2) is 10.3. The van der Waals surface area contributed by atoms with Crippen molar-refractivity contribution in [2.24, 2.45) is 0 Å². The topological polar surface area (TPSA) is 70.1 Å². The van der Waals surface area contributed by atoms with Gasteiger partial charge in [-0.15, -0.1) is 0 Å². The second-order valence-electron chi connectivity index (χ2n) is 9.73. The number of carbonyl (C=O) groups excluding carboxylic acids is 2. The lowest BCUT2D eigenvalue weighted by Crippen LogP contribution is -2.29. The summed E-state index contributed by atoms with van der Waals surface area (Å²) in [6, 6.07) is 17.7. The summed E-state index contributed by atoms with van der Waals surface area (Å²) in [5, 5.41) is 11.9. The molecule has 0 bridgehead atoms. The number of aliphatic hydroxyl groups is 1. The first-order valence-electron chi connectivity index (χ1n) is 12.1. The highest BCUT2D eigenvalue weighted by Crippen LogP contribution is 2.45. The maximum atomic E-state index is 13.5. The number of methoxy groups -OCH3 is 1. The van der Waals surface area contributed by atoms with E-state index in [-0.39, 0.29) is 22.6 Å². The number of aryl methyl sites for hydroxylation is 1. The van der Waals surface area contributed by atoms with Crippen LogP contribution in [0.5, 0.6) is 5.75 Å². The molecule has 1 unspecified atom stereocenters. The van der Waals surface area contributed by atoms with Crippen LogP contribution in [0, 0.1) is 6.92 Å². The van der Waals surface area contributed by atoms with Crippen molar-refractivity contribution < 1.29 is 19.4 Å². The number of hydrogen-bond donors (Lipinski definition) is 1. The number of carbonyl (C=O) groups is 2. The van der Waals surface area contributed by atoms with E-state index in [9.17, 15) is 14.7 Å². The van der Waals surface area contributed by atoms with Crippen LogP contribution in [-0.4, -0.2) is 38.0 Å². The summed E-state index contributed by atoms with van der Waals surface area (Å²) >= 11 is 6.39. The minimum atomic E-state index is -0.838. The van der Waals surface area contributed by atoms with Crippen molar-refractivity contribution in [1.82, 2.24) is 0 Å². The molecule has 0 aliphatic carbocycles. The zero-order valence-electron chi connectivity index (χ0n) is 21.9. The van der Waals surface area contributed by atoms with Crippen LogP contribution >= 0.6 is 11.6 Å². The monoisotopic (exact) mass is 518 g/mol. The molecule has 1 saturated heterocycles. The molecule has 3 aromatic carbocycles. The molecule has 1 aliphatic heterocycles. The number of aliphatic hydroxyl groups excluding tert-OH is 1. The van der Waals surface area contributed by atoms with Gasteiger partial charge in [-0.1, -0.05) is 49.7 Å². The first-order valence-corrected chi connectivity index (χ1v) is 12.5. The quantitative estimate of drug-likeness (QED) is 0.230. The standard InChI is InChI=1S/C30H31ClN2O4/c1-17(2)19-7-9-20(10-8-19)26-25(27(34)23-15-18(3)16-24(31)29(23)37-6)28(35)30(36)33(26)22-13-11-21(12-14-22)32(4)5/h7-17,26,34H,1-6H3/b27-25+. The molecule has 1 amide bonds. The number of halogens is 1. The Bertz CT molecular complexity index is 1380. The van der Waals surface area contributed by atoms with E-state index in [1.54, 1.807) is 24.3 Å². The van der Waals surface area contributed by atoms with Gasteiger partial charge in [0.25, 0.3) is 11.7 Å². The third-order valence-corrected chi connectivity index (χ3v) is 6.94. The van der Waals surface area contributed by atoms with Crippen LogP contribution in [0.25, 0.3) is 5.76 Å². The molecule has 1 aliphatic rings. The van der Waals surface area contributed by atoms with Crippen molar-refractivity contribution in [3.63, 3.8) is 0 Å². The Balaban J connectivity index is 1.96. The average Bonchev–Trinajstić information content (AvgIpc) is 3.13. The fourth-order valence-electron chi connectivity index (χ4n) is 4.65. The number of ketones is 1. The maximum Gasteiger partial charge on any atom is 0.300 e. The van der Waals surface area contributed by atoms with E-state index in [4.69, 9.17) is 16.3 Å². The van der Waals surface area contributed by atoms with Crippen LogP contribution in [0.1, 0.15) is 48.1 Å². The van der Waals surface area contributed by atoms with Gasteiger partial charge in [0.05, 0.1) is 29.3 Å². The van der Waals surface area contributed by atoms with Gasteiger partial charge in [-0.05, 0) is 65.9 Å². The fraction of sp³-hybridized carbons (Fsp3) is 0.267. The Morgan fingerprint density at radius 2 is 1.65 bits per heavy atom. The van der Waals surface area contributed by atoms with E-state index in [0.29, 0.717) is 22.2 Å². The maximum absolute atomic E-state index is 13.5. The van der Waals surface area contributed by atoms with Crippen LogP contribution in [0.3, 0.4) is 0 Å². The molecule has 1 fully saturated rings. The molecule has 1 atom stereocenters. The normalized spacial score (nSPS) is 17.0. The second-order valence-corrected chi connectivity index (χ2v) is 10.1. The van der Waals surface area contributed by atoms with Gasteiger partial charge in [-0.2, -0.15) is 0 Å². The van der Waals surface area contributed by atoms with Crippen molar-refractivity contribution in [3.8, 4) is 5.75 Å². The molecule has 3 aromatic rings. The van der Waals surface area contributed by atoms with E-state index >= 15 is 0 Å². The van der Waals surface area contributed by atoms with E-state index < -0.39 is 17.7 Å². The highest BCUT2D eigenvalue weighted by Gasteiger charge is 2.47. The number of nitrogens with zero attached hydrogens (tertiary/aromatic N) is 2. The lowest BCUT2D eigenvalue weighted by atomic mass is 9.92. The predicted octanol–water partition coefficient (Wildman–Crippen LogP) is 6.47. The van der Waals surface area contributed by atoms with E-state index in [2.05, 4.69) is 13.8 Å². The molecule has 0 saturated carbocycles. The van der Waals surface area contributed by atoms with Gasteiger partial charge < -0.3 is 14.7 Å². The molecule has 7 heteroatoms. The number of anilines is 2. The summed E-state index contributed by atoms with van der Waals surface area (Å²) < 4.78 is 5.46. The average molecular weight is 519 g/mol. The number of ether oxygens (including phenoxy) is 1. The van der Waals surface area contributed by atoms with Gasteiger partial charge in [-0.25, -0.2) is 0 Å². The molecular weight excluding hydrogens is 488 g/mol. The Hall–Kier alpha value is -3.77. The summed E-state index contributed by atoms with van der Waals surface area (Å²) in [6.07, 6.45) is 0. The molecule has 1 N–H and O–H groups in total. The molecule has 4 rings (SSSR count). The predicted molar refractivity (Wildman–Crippen MR) is 149 cm³/mol. The van der Waals surface area contributed by atoms with Crippen LogP contribution in [0.15, 0.2) is 66.2 Å². The summed E-state index contributed by atoms with van der Waals surface area (Å²) in [4.78, 5) is 30.4. The third-order valence-electron chi connectivity index (χ3n) is 6.65. The highest BCUT2D eigenvalue weighted by atomic mass is 35.5. The van der Waals surface area contributed by atoms with Crippen molar-refractivity contribution in [1.29, 1.82) is 0 Å². The molecule has 6 nitrogen and oxygen atoms in total. The van der Waals surface area contributed by atoms with Crippen molar-refractivity contribution in [2.45, 2.75) is 32.7 Å². The highest BCUT2D eigenvalue weighted by molar-refractivity contribution is 6.51. The molecule has 192 valence electrons. The van der Waals surface area contributed by atoms with E-state index in [1.165, 1.54) is 12.0 Å². The van der Waals surface area contributed by atoms with Gasteiger partial charge in [-0.3, -0.25) is 14.5 Å². The first-order chi connectivity index (χ1) is 17.5. The lowest BCUT2D eigenvalue weighted by Gasteiger charge is -2.26. The molecule has 1 heterocycles. The molecule has 0 aromatic heterocycles. The number of rotatable bonds is 6. The summed E-state index contributed by atoms with van der Waals surface area (Å²) in [5.74, 6) is -1.26. The van der Waals surface area contributed by atoms with Gasteiger partial charge in [0.15, 0.2) is 0 Å². The Morgan fingerprint density at radius 3 is 2.19 bits per heavy atom. The van der Waals surface area contributed by atoms with Crippen molar-refractivity contribution in [3.05, 3.63) is 93.5 Å². The van der Waals surface area contributed by atoms with Crippen molar-refractivity contribution in [2.75, 3.05) is 31.0 Å². The minimum Gasteiger partial charge on any atom is -0.507 e.